The molecule has 1 aliphatic heterocycles. The molecule has 1 aliphatic rings. The average Bonchev–Trinajstić information content (AvgIpc) is 2.89. The van der Waals surface area contributed by atoms with E-state index in [9.17, 15) is 4.79 Å². The van der Waals surface area contributed by atoms with Crippen molar-refractivity contribution >= 4 is 52.6 Å². The predicted molar refractivity (Wildman–Crippen MR) is 95.7 cm³/mol. The number of nitrogens with zero attached hydrogens (tertiary/aromatic N) is 1. The molecule has 0 spiro atoms. The molecule has 1 unspecified atom stereocenters. The minimum Gasteiger partial charge on any atom is -0.294 e. The molecule has 2 aromatic carbocycles. The van der Waals surface area contributed by atoms with Gasteiger partial charge in [0.2, 0.25) is 5.91 Å². The molecule has 1 heterocycles. The quantitative estimate of drug-likeness (QED) is 0.766. The van der Waals surface area contributed by atoms with Gasteiger partial charge in [0, 0.05) is 5.02 Å². The van der Waals surface area contributed by atoms with E-state index in [1.54, 1.807) is 34.9 Å². The minimum atomic E-state index is -0.0799. The highest BCUT2D eigenvalue weighted by molar-refractivity contribution is 8.01. The summed E-state index contributed by atoms with van der Waals surface area (Å²) in [6.07, 6.45) is 4.03. The number of rotatable bonds is 3. The zero-order valence-corrected chi connectivity index (χ0v) is 13.9. The van der Waals surface area contributed by atoms with Crippen molar-refractivity contribution in [3.8, 4) is 0 Å². The van der Waals surface area contributed by atoms with Gasteiger partial charge in [0.25, 0.3) is 0 Å². The van der Waals surface area contributed by atoms with Crippen molar-refractivity contribution in [3.05, 3.63) is 70.2 Å². The lowest BCUT2D eigenvalue weighted by Crippen LogP contribution is -2.31. The Morgan fingerprint density at radius 1 is 1.14 bits per heavy atom. The summed E-state index contributed by atoms with van der Waals surface area (Å²) in [7, 11) is 0. The molecule has 1 fully saturated rings. The van der Waals surface area contributed by atoms with E-state index in [0.29, 0.717) is 21.5 Å². The number of carbonyl (C=O) groups excluding carboxylic acids is 1. The summed E-state index contributed by atoms with van der Waals surface area (Å²) in [6.45, 7) is 0. The van der Waals surface area contributed by atoms with E-state index in [-0.39, 0.29) is 11.3 Å². The Labute approximate surface area is 143 Å². The van der Waals surface area contributed by atoms with Gasteiger partial charge in [-0.1, -0.05) is 65.7 Å². The fourth-order valence-corrected chi connectivity index (χ4v) is 3.68. The van der Waals surface area contributed by atoms with Gasteiger partial charge in [0.1, 0.15) is 5.37 Å². The maximum Gasteiger partial charge on any atom is 0.238 e. The molecule has 112 valence electrons. The third-order valence-electron chi connectivity index (χ3n) is 3.32. The van der Waals surface area contributed by atoms with E-state index in [1.165, 1.54) is 0 Å². The number of hydrogen-bond donors (Lipinski definition) is 0. The molecule has 3 rings (SSSR count). The fourth-order valence-electron chi connectivity index (χ4n) is 2.28. The first-order chi connectivity index (χ1) is 10.6. The second kappa shape index (κ2) is 6.78. The van der Waals surface area contributed by atoms with Crippen molar-refractivity contribution < 1.29 is 4.79 Å². The van der Waals surface area contributed by atoms with Gasteiger partial charge in [-0.3, -0.25) is 9.69 Å². The highest BCUT2D eigenvalue weighted by atomic mass is 35.5. The van der Waals surface area contributed by atoms with E-state index in [1.807, 2.05) is 42.5 Å². The lowest BCUT2D eigenvalue weighted by molar-refractivity contribution is -0.115. The first-order valence-electron chi connectivity index (χ1n) is 6.77. The normalized spacial score (nSPS) is 18.4. The Balaban J connectivity index is 1.90. The molecule has 0 radical (unpaired) electrons. The third-order valence-corrected chi connectivity index (χ3v) is 5.00. The highest BCUT2D eigenvalue weighted by Gasteiger charge is 2.32. The predicted octanol–water partition coefficient (Wildman–Crippen LogP) is 5.11. The van der Waals surface area contributed by atoms with E-state index in [4.69, 9.17) is 23.2 Å². The van der Waals surface area contributed by atoms with Crippen LogP contribution in [0.4, 0.5) is 5.69 Å². The summed E-state index contributed by atoms with van der Waals surface area (Å²) >= 11 is 13.9. The van der Waals surface area contributed by atoms with Gasteiger partial charge in [-0.15, -0.1) is 11.8 Å². The monoisotopic (exact) mass is 349 g/mol. The Bertz CT molecular complexity index is 718. The maximum atomic E-state index is 12.2. The molecule has 0 aromatic heterocycles. The van der Waals surface area contributed by atoms with Crippen molar-refractivity contribution in [2.75, 3.05) is 10.7 Å². The molecule has 1 amide bonds. The molecule has 2 aromatic rings. The van der Waals surface area contributed by atoms with Crippen LogP contribution in [0.5, 0.6) is 0 Å². The van der Waals surface area contributed by atoms with Crippen LogP contribution in [0, 0.1) is 0 Å². The summed E-state index contributed by atoms with van der Waals surface area (Å²) in [4.78, 5) is 13.9. The zero-order chi connectivity index (χ0) is 15.5. The Morgan fingerprint density at radius 3 is 2.68 bits per heavy atom. The Hall–Kier alpha value is -1.42. The van der Waals surface area contributed by atoms with Gasteiger partial charge in [-0.25, -0.2) is 0 Å². The second-order valence-corrected chi connectivity index (χ2v) is 6.78. The third kappa shape index (κ3) is 3.32. The molecular weight excluding hydrogens is 337 g/mol. The van der Waals surface area contributed by atoms with Crippen LogP contribution in [0.2, 0.25) is 10.0 Å². The van der Waals surface area contributed by atoms with Crippen LogP contribution in [-0.2, 0) is 4.79 Å². The SMILES string of the molecule is O=C1CSC(/C=C/c2ccccc2)N1c1cc(Cl)ccc1Cl. The van der Waals surface area contributed by atoms with Crippen molar-refractivity contribution in [3.63, 3.8) is 0 Å². The van der Waals surface area contributed by atoms with Crippen molar-refractivity contribution in [1.29, 1.82) is 0 Å². The smallest absolute Gasteiger partial charge is 0.238 e. The molecule has 0 N–H and O–H groups in total. The molecule has 2 nitrogen and oxygen atoms in total. The van der Waals surface area contributed by atoms with E-state index in [0.717, 1.165) is 5.56 Å². The second-order valence-electron chi connectivity index (χ2n) is 4.83. The van der Waals surface area contributed by atoms with Gasteiger partial charge < -0.3 is 0 Å². The number of benzene rings is 2. The summed E-state index contributed by atoms with van der Waals surface area (Å²) in [5.74, 6) is 0.476. The molecule has 22 heavy (non-hydrogen) atoms. The minimum absolute atomic E-state index is 0.0388. The first kappa shape index (κ1) is 15.5. The maximum absolute atomic E-state index is 12.2. The summed E-state index contributed by atoms with van der Waals surface area (Å²) in [6, 6.07) is 15.2. The lowest BCUT2D eigenvalue weighted by Gasteiger charge is -2.22. The van der Waals surface area contributed by atoms with Crippen LogP contribution < -0.4 is 4.90 Å². The molecular formula is C17H13Cl2NOS. The highest BCUT2D eigenvalue weighted by Crippen LogP contribution is 2.37. The summed E-state index contributed by atoms with van der Waals surface area (Å²) < 4.78 is 0. The Morgan fingerprint density at radius 2 is 1.91 bits per heavy atom. The number of hydrogen-bond acceptors (Lipinski definition) is 2. The van der Waals surface area contributed by atoms with Crippen LogP contribution >= 0.6 is 35.0 Å². The van der Waals surface area contributed by atoms with Gasteiger partial charge in [-0.05, 0) is 23.8 Å². The first-order valence-corrected chi connectivity index (χ1v) is 8.57. The van der Waals surface area contributed by atoms with Crippen LogP contribution in [-0.4, -0.2) is 17.0 Å². The topological polar surface area (TPSA) is 20.3 Å². The van der Waals surface area contributed by atoms with Crippen molar-refractivity contribution in [2.24, 2.45) is 0 Å². The number of carbonyl (C=O) groups is 1. The fraction of sp³-hybridized carbons (Fsp3) is 0.118. The van der Waals surface area contributed by atoms with Crippen LogP contribution in [0.1, 0.15) is 5.56 Å². The summed E-state index contributed by atoms with van der Waals surface area (Å²) in [5.41, 5.74) is 1.76. The summed E-state index contributed by atoms with van der Waals surface area (Å²) in [5, 5.41) is 1.01. The number of amides is 1. The van der Waals surface area contributed by atoms with Crippen LogP contribution in [0.25, 0.3) is 6.08 Å². The van der Waals surface area contributed by atoms with Crippen LogP contribution in [0.15, 0.2) is 54.6 Å². The number of thioether (sulfide) groups is 1. The van der Waals surface area contributed by atoms with E-state index in [2.05, 4.69) is 0 Å². The Kier molecular flexibility index (Phi) is 4.77. The molecule has 0 bridgehead atoms. The number of anilines is 1. The molecule has 1 saturated heterocycles. The molecule has 0 saturated carbocycles. The standard InChI is InChI=1S/C17H13Cl2NOS/c18-13-7-8-14(19)15(10-13)20-16(21)11-22-17(20)9-6-12-4-2-1-3-5-12/h1-10,17H,11H2/b9-6+. The number of halogens is 2. The van der Waals surface area contributed by atoms with Crippen LogP contribution in [0.3, 0.4) is 0 Å². The van der Waals surface area contributed by atoms with Crippen molar-refractivity contribution in [1.82, 2.24) is 0 Å². The lowest BCUT2D eigenvalue weighted by atomic mass is 10.2. The van der Waals surface area contributed by atoms with Crippen molar-refractivity contribution in [2.45, 2.75) is 5.37 Å². The van der Waals surface area contributed by atoms with E-state index >= 15 is 0 Å². The zero-order valence-electron chi connectivity index (χ0n) is 11.6. The molecule has 0 aliphatic carbocycles. The largest absolute Gasteiger partial charge is 0.294 e. The van der Waals surface area contributed by atoms with Gasteiger partial charge in [0.15, 0.2) is 0 Å². The average molecular weight is 350 g/mol. The van der Waals surface area contributed by atoms with E-state index < -0.39 is 0 Å². The van der Waals surface area contributed by atoms with Gasteiger partial charge >= 0.3 is 0 Å². The van der Waals surface area contributed by atoms with Gasteiger partial charge in [-0.2, -0.15) is 0 Å². The molecule has 5 heteroatoms. The van der Waals surface area contributed by atoms with Gasteiger partial charge in [0.05, 0.1) is 16.5 Å². The molecule has 1 atom stereocenters.